The highest BCUT2D eigenvalue weighted by molar-refractivity contribution is 5.35. The molecular formula is C10H10F3N3O. The summed E-state index contributed by atoms with van der Waals surface area (Å²) in [6, 6.07) is 2.95. The standard InChI is InChI=1S/C10H10F3N3O/c1-6-7(5-15)4-9(17-10(11,12)13)16-8(6)2-3-14/h4H,2,5,15H2,1H3. The van der Waals surface area contributed by atoms with Crippen LogP contribution in [0.2, 0.25) is 0 Å². The second kappa shape index (κ2) is 5.01. The van der Waals surface area contributed by atoms with E-state index < -0.39 is 12.2 Å². The summed E-state index contributed by atoms with van der Waals surface area (Å²) in [6.45, 7) is 1.71. The van der Waals surface area contributed by atoms with Crippen molar-refractivity contribution in [2.75, 3.05) is 0 Å². The van der Waals surface area contributed by atoms with Gasteiger partial charge in [-0.15, -0.1) is 13.2 Å². The third kappa shape index (κ3) is 3.60. The lowest BCUT2D eigenvalue weighted by Crippen LogP contribution is -2.19. The lowest BCUT2D eigenvalue weighted by atomic mass is 10.1. The molecule has 1 aromatic heterocycles. The van der Waals surface area contributed by atoms with E-state index in [0.29, 0.717) is 11.1 Å². The Morgan fingerprint density at radius 1 is 1.53 bits per heavy atom. The van der Waals surface area contributed by atoms with E-state index in [0.717, 1.165) is 6.07 Å². The highest BCUT2D eigenvalue weighted by atomic mass is 19.4. The fraction of sp³-hybridized carbons (Fsp3) is 0.400. The van der Waals surface area contributed by atoms with Crippen molar-refractivity contribution in [1.82, 2.24) is 4.98 Å². The van der Waals surface area contributed by atoms with E-state index in [9.17, 15) is 13.2 Å². The molecule has 0 unspecified atom stereocenters. The first-order valence-electron chi connectivity index (χ1n) is 4.69. The van der Waals surface area contributed by atoms with Crippen molar-refractivity contribution < 1.29 is 17.9 Å². The van der Waals surface area contributed by atoms with Crippen LogP contribution < -0.4 is 10.5 Å². The molecule has 0 saturated carbocycles. The van der Waals surface area contributed by atoms with Gasteiger partial charge in [-0.1, -0.05) is 0 Å². The van der Waals surface area contributed by atoms with Crippen LogP contribution in [0.1, 0.15) is 16.8 Å². The molecule has 0 saturated heterocycles. The van der Waals surface area contributed by atoms with Crippen LogP contribution in [-0.2, 0) is 13.0 Å². The highest BCUT2D eigenvalue weighted by Gasteiger charge is 2.32. The SMILES string of the molecule is Cc1c(CN)cc(OC(F)(F)F)nc1CC#N. The van der Waals surface area contributed by atoms with Gasteiger partial charge in [-0.05, 0) is 18.1 Å². The third-order valence-electron chi connectivity index (χ3n) is 2.14. The zero-order valence-corrected chi connectivity index (χ0v) is 9.01. The molecule has 0 aliphatic heterocycles. The van der Waals surface area contributed by atoms with Crippen molar-refractivity contribution in [2.24, 2.45) is 5.73 Å². The number of halogens is 3. The van der Waals surface area contributed by atoms with Crippen LogP contribution in [0.4, 0.5) is 13.2 Å². The molecule has 0 aliphatic carbocycles. The molecule has 2 N–H and O–H groups in total. The van der Waals surface area contributed by atoms with E-state index in [4.69, 9.17) is 11.0 Å². The molecule has 1 heterocycles. The minimum absolute atomic E-state index is 0.0565. The largest absolute Gasteiger partial charge is 0.574 e. The lowest BCUT2D eigenvalue weighted by Gasteiger charge is -2.12. The normalized spacial score (nSPS) is 11.1. The van der Waals surface area contributed by atoms with Gasteiger partial charge in [-0.3, -0.25) is 0 Å². The monoisotopic (exact) mass is 245 g/mol. The van der Waals surface area contributed by atoms with Crippen LogP contribution in [0.25, 0.3) is 0 Å². The molecule has 0 atom stereocenters. The van der Waals surface area contributed by atoms with Crippen LogP contribution >= 0.6 is 0 Å². The maximum absolute atomic E-state index is 12.0. The van der Waals surface area contributed by atoms with Crippen LogP contribution in [0.15, 0.2) is 6.07 Å². The molecule has 7 heteroatoms. The van der Waals surface area contributed by atoms with Gasteiger partial charge in [0.1, 0.15) is 0 Å². The Bertz CT molecular complexity index is 451. The first-order valence-corrected chi connectivity index (χ1v) is 4.69. The summed E-state index contributed by atoms with van der Waals surface area (Å²) in [5, 5.41) is 8.55. The Labute approximate surface area is 95.8 Å². The van der Waals surface area contributed by atoms with E-state index >= 15 is 0 Å². The van der Waals surface area contributed by atoms with Crippen molar-refractivity contribution in [3.63, 3.8) is 0 Å². The Morgan fingerprint density at radius 3 is 2.65 bits per heavy atom. The lowest BCUT2D eigenvalue weighted by molar-refractivity contribution is -0.276. The van der Waals surface area contributed by atoms with Crippen LogP contribution in [0.3, 0.4) is 0 Å². The minimum atomic E-state index is -4.81. The van der Waals surface area contributed by atoms with Gasteiger partial charge in [-0.2, -0.15) is 5.26 Å². The van der Waals surface area contributed by atoms with E-state index in [2.05, 4.69) is 9.72 Å². The van der Waals surface area contributed by atoms with Crippen molar-refractivity contribution in [1.29, 1.82) is 5.26 Å². The van der Waals surface area contributed by atoms with Crippen LogP contribution in [-0.4, -0.2) is 11.3 Å². The Hall–Kier alpha value is -1.81. The number of alkyl halides is 3. The van der Waals surface area contributed by atoms with E-state index in [1.165, 1.54) is 0 Å². The molecule has 17 heavy (non-hydrogen) atoms. The van der Waals surface area contributed by atoms with Crippen LogP contribution in [0, 0.1) is 18.3 Å². The van der Waals surface area contributed by atoms with Crippen molar-refractivity contribution in [2.45, 2.75) is 26.3 Å². The molecule has 0 amide bonds. The van der Waals surface area contributed by atoms with E-state index in [1.807, 2.05) is 6.07 Å². The molecule has 0 bridgehead atoms. The first-order chi connectivity index (χ1) is 7.87. The van der Waals surface area contributed by atoms with Gasteiger partial charge in [0.15, 0.2) is 0 Å². The number of aromatic nitrogens is 1. The fourth-order valence-electron chi connectivity index (χ4n) is 1.32. The maximum atomic E-state index is 12.0. The van der Waals surface area contributed by atoms with Gasteiger partial charge in [0.25, 0.3) is 0 Å². The predicted molar refractivity (Wildman–Crippen MR) is 52.9 cm³/mol. The van der Waals surface area contributed by atoms with Gasteiger partial charge in [-0.25, -0.2) is 4.98 Å². The predicted octanol–water partition coefficient (Wildman–Crippen LogP) is 1.81. The molecule has 0 fully saturated rings. The van der Waals surface area contributed by atoms with Crippen molar-refractivity contribution >= 4 is 0 Å². The number of pyridine rings is 1. The fourth-order valence-corrected chi connectivity index (χ4v) is 1.32. The summed E-state index contributed by atoms with van der Waals surface area (Å²) in [4.78, 5) is 3.64. The smallest absolute Gasteiger partial charge is 0.388 e. The number of nitrogens with two attached hydrogens (primary N) is 1. The maximum Gasteiger partial charge on any atom is 0.574 e. The highest BCUT2D eigenvalue weighted by Crippen LogP contribution is 2.24. The quantitative estimate of drug-likeness (QED) is 0.881. The van der Waals surface area contributed by atoms with Gasteiger partial charge in [0, 0.05) is 12.6 Å². The summed E-state index contributed by atoms with van der Waals surface area (Å²) in [5.74, 6) is -0.589. The zero-order valence-electron chi connectivity index (χ0n) is 9.01. The molecule has 92 valence electrons. The Balaban J connectivity index is 3.16. The molecule has 0 aromatic carbocycles. The second-order valence-corrected chi connectivity index (χ2v) is 3.28. The van der Waals surface area contributed by atoms with Gasteiger partial charge in [0.2, 0.25) is 5.88 Å². The molecule has 0 spiro atoms. The molecule has 0 aliphatic rings. The molecule has 0 radical (unpaired) electrons. The van der Waals surface area contributed by atoms with Crippen molar-refractivity contribution in [3.05, 3.63) is 22.9 Å². The second-order valence-electron chi connectivity index (χ2n) is 3.28. The molecule has 1 rings (SSSR count). The average molecular weight is 245 g/mol. The third-order valence-corrected chi connectivity index (χ3v) is 2.14. The number of nitrogens with zero attached hydrogens (tertiary/aromatic N) is 2. The van der Waals surface area contributed by atoms with E-state index in [1.54, 1.807) is 6.92 Å². The van der Waals surface area contributed by atoms with Gasteiger partial charge >= 0.3 is 6.36 Å². The average Bonchev–Trinajstić information content (AvgIpc) is 2.20. The number of rotatable bonds is 3. The Morgan fingerprint density at radius 2 is 2.18 bits per heavy atom. The number of nitriles is 1. The van der Waals surface area contributed by atoms with E-state index in [-0.39, 0.29) is 18.7 Å². The number of hydrogen-bond donors (Lipinski definition) is 1. The Kier molecular flexibility index (Phi) is 3.91. The van der Waals surface area contributed by atoms with Gasteiger partial charge < -0.3 is 10.5 Å². The summed E-state index contributed by atoms with van der Waals surface area (Å²) in [5.41, 5.74) is 6.74. The summed E-state index contributed by atoms with van der Waals surface area (Å²) in [7, 11) is 0. The number of hydrogen-bond acceptors (Lipinski definition) is 4. The first kappa shape index (κ1) is 13.3. The minimum Gasteiger partial charge on any atom is -0.388 e. The summed E-state index contributed by atoms with van der Waals surface area (Å²) in [6.07, 6.45) is -4.90. The number of ether oxygens (including phenoxy) is 1. The molecule has 1 aromatic rings. The van der Waals surface area contributed by atoms with Crippen molar-refractivity contribution in [3.8, 4) is 11.9 Å². The van der Waals surface area contributed by atoms with Crippen LogP contribution in [0.5, 0.6) is 5.88 Å². The summed E-state index contributed by atoms with van der Waals surface area (Å²) >= 11 is 0. The molecular weight excluding hydrogens is 235 g/mol. The zero-order chi connectivity index (χ0) is 13.1. The summed E-state index contributed by atoms with van der Waals surface area (Å²) < 4.78 is 39.8. The topological polar surface area (TPSA) is 71.9 Å². The molecule has 4 nitrogen and oxygen atoms in total. The van der Waals surface area contributed by atoms with Gasteiger partial charge in [0.05, 0.1) is 18.2 Å².